The topological polar surface area (TPSA) is 44.4 Å². The molecule has 1 aromatic carbocycles. The minimum atomic E-state index is 0. The van der Waals surface area contributed by atoms with Gasteiger partial charge in [-0.1, -0.05) is 18.2 Å². The van der Waals surface area contributed by atoms with Crippen molar-refractivity contribution in [2.45, 2.75) is 11.3 Å². The van der Waals surface area contributed by atoms with Gasteiger partial charge in [-0.15, -0.1) is 30.7 Å². The fraction of sp³-hybridized carbons (Fsp3) is 0.438. The lowest BCUT2D eigenvalue weighted by Crippen LogP contribution is -2.35. The molecule has 1 amide bonds. The minimum absolute atomic E-state index is 0. The minimum Gasteiger partial charge on any atom is -0.324 e. The van der Waals surface area contributed by atoms with Crippen LogP contribution in [-0.4, -0.2) is 49.3 Å². The Balaban J connectivity index is 0.00000242. The van der Waals surface area contributed by atoms with Crippen LogP contribution in [0.15, 0.2) is 41.8 Å². The van der Waals surface area contributed by atoms with Gasteiger partial charge in [-0.2, -0.15) is 0 Å². The van der Waals surface area contributed by atoms with Crippen molar-refractivity contribution in [3.63, 3.8) is 0 Å². The van der Waals surface area contributed by atoms with E-state index in [4.69, 9.17) is 0 Å². The summed E-state index contributed by atoms with van der Waals surface area (Å²) in [4.78, 5) is 15.5. The number of nitrogens with one attached hydrogen (secondary N) is 2. The van der Waals surface area contributed by atoms with E-state index in [0.717, 1.165) is 48.9 Å². The molecule has 0 saturated carbocycles. The summed E-state index contributed by atoms with van der Waals surface area (Å²) in [6.07, 6.45) is 2.96. The summed E-state index contributed by atoms with van der Waals surface area (Å²) in [6, 6.07) is 7.91. The lowest BCUT2D eigenvalue weighted by Gasteiger charge is -2.19. The number of rotatable bonds is 6. The monoisotopic (exact) mass is 341 g/mol. The molecule has 0 unspecified atom stereocenters. The second-order valence-corrected chi connectivity index (χ2v) is 6.09. The van der Waals surface area contributed by atoms with Crippen LogP contribution in [0.4, 0.5) is 5.69 Å². The van der Waals surface area contributed by atoms with Crippen molar-refractivity contribution in [2.24, 2.45) is 0 Å². The van der Waals surface area contributed by atoms with Crippen LogP contribution in [0.25, 0.3) is 0 Å². The highest BCUT2D eigenvalue weighted by molar-refractivity contribution is 7.99. The maximum atomic E-state index is 12.2. The van der Waals surface area contributed by atoms with Gasteiger partial charge >= 0.3 is 0 Å². The van der Waals surface area contributed by atoms with Crippen molar-refractivity contribution in [1.29, 1.82) is 0 Å². The van der Waals surface area contributed by atoms with Gasteiger partial charge in [-0.25, -0.2) is 0 Å². The Labute approximate surface area is 143 Å². The highest BCUT2D eigenvalue weighted by Gasteiger charge is 2.13. The van der Waals surface area contributed by atoms with Crippen molar-refractivity contribution >= 4 is 35.8 Å². The highest BCUT2D eigenvalue weighted by atomic mass is 35.5. The molecule has 1 heterocycles. The number of para-hydroxylation sites is 1. The number of benzene rings is 1. The lowest BCUT2D eigenvalue weighted by atomic mass is 10.3. The van der Waals surface area contributed by atoms with Gasteiger partial charge in [0.1, 0.15) is 0 Å². The molecule has 1 saturated heterocycles. The summed E-state index contributed by atoms with van der Waals surface area (Å²) in [7, 11) is 0. The summed E-state index contributed by atoms with van der Waals surface area (Å²) in [5.41, 5.74) is 0.891. The summed E-state index contributed by atoms with van der Waals surface area (Å²) < 4.78 is 0. The molecule has 122 valence electrons. The maximum absolute atomic E-state index is 12.2. The van der Waals surface area contributed by atoms with Crippen molar-refractivity contribution < 1.29 is 4.79 Å². The van der Waals surface area contributed by atoms with E-state index in [1.54, 1.807) is 11.8 Å². The van der Waals surface area contributed by atoms with Gasteiger partial charge in [0.15, 0.2) is 0 Å². The molecule has 2 rings (SSSR count). The van der Waals surface area contributed by atoms with E-state index in [1.165, 1.54) is 0 Å². The molecular weight excluding hydrogens is 318 g/mol. The van der Waals surface area contributed by atoms with Gasteiger partial charge in [-0.3, -0.25) is 9.69 Å². The van der Waals surface area contributed by atoms with E-state index in [0.29, 0.717) is 6.54 Å². The Morgan fingerprint density at radius 1 is 1.36 bits per heavy atom. The van der Waals surface area contributed by atoms with Crippen molar-refractivity contribution in [3.8, 4) is 0 Å². The molecule has 0 atom stereocenters. The Morgan fingerprint density at radius 2 is 2.18 bits per heavy atom. The van der Waals surface area contributed by atoms with E-state index in [1.807, 2.05) is 30.3 Å². The third-order valence-electron chi connectivity index (χ3n) is 3.32. The summed E-state index contributed by atoms with van der Waals surface area (Å²) in [6.45, 7) is 8.10. The van der Waals surface area contributed by atoms with Gasteiger partial charge < -0.3 is 10.6 Å². The molecule has 22 heavy (non-hydrogen) atoms. The fourth-order valence-corrected chi connectivity index (χ4v) is 3.04. The van der Waals surface area contributed by atoms with Gasteiger partial charge in [0.2, 0.25) is 5.91 Å². The zero-order valence-corrected chi connectivity index (χ0v) is 14.3. The number of amides is 1. The summed E-state index contributed by atoms with van der Waals surface area (Å²) in [5.74, 6) is 0.897. The molecule has 4 nitrogen and oxygen atoms in total. The Morgan fingerprint density at radius 3 is 3.00 bits per heavy atom. The zero-order chi connectivity index (χ0) is 14.9. The van der Waals surface area contributed by atoms with Gasteiger partial charge in [0.05, 0.1) is 12.2 Å². The number of thioether (sulfide) groups is 1. The zero-order valence-electron chi connectivity index (χ0n) is 12.7. The van der Waals surface area contributed by atoms with E-state index in [2.05, 4.69) is 22.1 Å². The lowest BCUT2D eigenvalue weighted by molar-refractivity contribution is -0.117. The van der Waals surface area contributed by atoms with Crippen molar-refractivity contribution in [1.82, 2.24) is 10.2 Å². The van der Waals surface area contributed by atoms with Crippen LogP contribution in [0, 0.1) is 0 Å². The van der Waals surface area contributed by atoms with Crippen molar-refractivity contribution in [3.05, 3.63) is 36.9 Å². The maximum Gasteiger partial charge on any atom is 0.238 e. The molecule has 0 bridgehead atoms. The van der Waals surface area contributed by atoms with Crippen LogP contribution < -0.4 is 10.6 Å². The molecule has 2 N–H and O–H groups in total. The first-order chi connectivity index (χ1) is 10.3. The smallest absolute Gasteiger partial charge is 0.238 e. The summed E-state index contributed by atoms with van der Waals surface area (Å²) in [5, 5.41) is 6.38. The number of nitrogens with zero attached hydrogens (tertiary/aromatic N) is 1. The van der Waals surface area contributed by atoms with Crippen molar-refractivity contribution in [2.75, 3.05) is 43.8 Å². The average Bonchev–Trinajstić information content (AvgIpc) is 2.75. The molecule has 6 heteroatoms. The Hall–Kier alpha value is -1.01. The molecule has 1 aliphatic heterocycles. The molecule has 1 aliphatic rings. The van der Waals surface area contributed by atoms with Crippen LogP contribution in [0.5, 0.6) is 0 Å². The number of hydrogen-bond donors (Lipinski definition) is 2. The Kier molecular flexibility index (Phi) is 9.24. The van der Waals surface area contributed by atoms with E-state index in [-0.39, 0.29) is 18.3 Å². The first-order valence-electron chi connectivity index (χ1n) is 7.35. The van der Waals surface area contributed by atoms with Gasteiger partial charge in [0.25, 0.3) is 0 Å². The third-order valence-corrected chi connectivity index (χ3v) is 4.39. The normalized spacial score (nSPS) is 15.5. The number of halogens is 1. The number of hydrogen-bond acceptors (Lipinski definition) is 4. The number of carbonyl (C=O) groups excluding carboxylic acids is 1. The standard InChI is InChI=1S/C16H23N3OS.ClH/c1-2-12-21-15-7-4-3-6-14(15)18-16(20)13-19-10-5-8-17-9-11-19;/h2-4,6-7,17H,1,5,8-13H2,(H,18,20);1H. The van der Waals surface area contributed by atoms with Crippen LogP contribution in [0.3, 0.4) is 0 Å². The third kappa shape index (κ3) is 6.40. The molecule has 0 aliphatic carbocycles. The predicted octanol–water partition coefficient (Wildman–Crippen LogP) is 2.62. The van der Waals surface area contributed by atoms with Crippen LogP contribution in [-0.2, 0) is 4.79 Å². The fourth-order valence-electron chi connectivity index (χ4n) is 2.30. The first kappa shape index (κ1) is 19.0. The Bertz CT molecular complexity index is 476. The first-order valence-corrected chi connectivity index (χ1v) is 8.34. The van der Waals surface area contributed by atoms with Gasteiger partial charge in [-0.05, 0) is 31.6 Å². The molecule has 1 aromatic rings. The SMILES string of the molecule is C=CCSc1ccccc1NC(=O)CN1CCCNCC1.Cl. The predicted molar refractivity (Wildman–Crippen MR) is 97.2 cm³/mol. The van der Waals surface area contributed by atoms with Crippen LogP contribution in [0.1, 0.15) is 6.42 Å². The van der Waals surface area contributed by atoms with E-state index in [9.17, 15) is 4.79 Å². The largest absolute Gasteiger partial charge is 0.324 e. The number of anilines is 1. The second-order valence-electron chi connectivity index (χ2n) is 5.02. The summed E-state index contributed by atoms with van der Waals surface area (Å²) >= 11 is 1.68. The molecule has 1 fully saturated rings. The molecule has 0 spiro atoms. The van der Waals surface area contributed by atoms with Crippen LogP contribution in [0.2, 0.25) is 0 Å². The van der Waals surface area contributed by atoms with E-state index < -0.39 is 0 Å². The number of carbonyl (C=O) groups is 1. The van der Waals surface area contributed by atoms with E-state index >= 15 is 0 Å². The highest BCUT2D eigenvalue weighted by Crippen LogP contribution is 2.26. The van der Waals surface area contributed by atoms with Crippen LogP contribution >= 0.6 is 24.2 Å². The quantitative estimate of drug-likeness (QED) is 0.616. The molecular formula is C16H24ClN3OS. The second kappa shape index (κ2) is 10.7. The van der Waals surface area contributed by atoms with Gasteiger partial charge in [0, 0.05) is 23.7 Å². The average molecular weight is 342 g/mol. The molecule has 0 aromatic heterocycles. The molecule has 0 radical (unpaired) electrons.